The SMILES string of the molecule is CCOc1cc(CNC(C)(C)CO)ccc1OCc1ccc(Cl)cc1Cl.Cl. The summed E-state index contributed by atoms with van der Waals surface area (Å²) in [6.45, 7) is 7.38. The summed E-state index contributed by atoms with van der Waals surface area (Å²) in [5.41, 5.74) is 1.56. The molecule has 7 heteroatoms. The molecule has 2 rings (SSSR count). The number of hydrogen-bond acceptors (Lipinski definition) is 4. The third kappa shape index (κ3) is 7.40. The van der Waals surface area contributed by atoms with Crippen LogP contribution in [0, 0.1) is 0 Å². The van der Waals surface area contributed by atoms with Gasteiger partial charge in [0.2, 0.25) is 0 Å². The van der Waals surface area contributed by atoms with Gasteiger partial charge in [0.05, 0.1) is 13.2 Å². The Morgan fingerprint density at radius 1 is 1.04 bits per heavy atom. The molecular formula is C20H26Cl3NO3. The molecule has 27 heavy (non-hydrogen) atoms. The van der Waals surface area contributed by atoms with Gasteiger partial charge in [-0.05, 0) is 50.6 Å². The normalized spacial score (nSPS) is 11.0. The van der Waals surface area contributed by atoms with Gasteiger partial charge in [0.1, 0.15) is 6.61 Å². The molecular weight excluding hydrogens is 409 g/mol. The first-order valence-corrected chi connectivity index (χ1v) is 9.28. The number of ether oxygens (including phenoxy) is 2. The van der Waals surface area contributed by atoms with Gasteiger partial charge in [-0.3, -0.25) is 0 Å². The van der Waals surface area contributed by atoms with E-state index in [1.807, 2.05) is 45.0 Å². The lowest BCUT2D eigenvalue weighted by molar-refractivity contribution is 0.187. The van der Waals surface area contributed by atoms with Crippen molar-refractivity contribution in [3.05, 3.63) is 57.6 Å². The van der Waals surface area contributed by atoms with Crippen LogP contribution in [0.15, 0.2) is 36.4 Å². The van der Waals surface area contributed by atoms with Gasteiger partial charge < -0.3 is 19.9 Å². The quantitative estimate of drug-likeness (QED) is 0.565. The molecule has 0 heterocycles. The van der Waals surface area contributed by atoms with Crippen molar-refractivity contribution in [3.63, 3.8) is 0 Å². The highest BCUT2D eigenvalue weighted by molar-refractivity contribution is 6.35. The first-order valence-electron chi connectivity index (χ1n) is 8.53. The Kier molecular flexibility index (Phi) is 9.71. The average Bonchev–Trinajstić information content (AvgIpc) is 2.61. The van der Waals surface area contributed by atoms with Gasteiger partial charge in [-0.1, -0.05) is 35.3 Å². The fourth-order valence-electron chi connectivity index (χ4n) is 2.24. The second-order valence-corrected chi connectivity index (χ2v) is 7.48. The third-order valence-corrected chi connectivity index (χ3v) is 4.46. The molecule has 0 atom stereocenters. The average molecular weight is 435 g/mol. The van der Waals surface area contributed by atoms with Crippen LogP contribution in [0.5, 0.6) is 11.5 Å². The van der Waals surface area contributed by atoms with Gasteiger partial charge in [0.15, 0.2) is 11.5 Å². The predicted molar refractivity (Wildman–Crippen MR) is 114 cm³/mol. The highest BCUT2D eigenvalue weighted by Crippen LogP contribution is 2.30. The standard InChI is InChI=1S/C20H25Cl2NO3.ClH/c1-4-25-19-9-14(11-23-20(2,3)13-24)5-8-18(19)26-12-15-6-7-16(21)10-17(15)22;/h5-10,23-24H,4,11-13H2,1-3H3;1H. The van der Waals surface area contributed by atoms with Crippen LogP contribution in [0.3, 0.4) is 0 Å². The van der Waals surface area contributed by atoms with Gasteiger partial charge in [-0.25, -0.2) is 0 Å². The summed E-state index contributed by atoms with van der Waals surface area (Å²) in [6.07, 6.45) is 0. The van der Waals surface area contributed by atoms with Crippen molar-refractivity contribution in [1.82, 2.24) is 5.32 Å². The van der Waals surface area contributed by atoms with Gasteiger partial charge in [-0.15, -0.1) is 12.4 Å². The Balaban J connectivity index is 0.00000364. The van der Waals surface area contributed by atoms with Crippen molar-refractivity contribution in [2.24, 2.45) is 0 Å². The van der Waals surface area contributed by atoms with Gasteiger partial charge >= 0.3 is 0 Å². The Labute approximate surface area is 177 Å². The molecule has 0 aliphatic heterocycles. The molecule has 0 aliphatic carbocycles. The number of benzene rings is 2. The molecule has 0 spiro atoms. The van der Waals surface area contributed by atoms with E-state index >= 15 is 0 Å². The lowest BCUT2D eigenvalue weighted by Gasteiger charge is -2.24. The van der Waals surface area contributed by atoms with Crippen LogP contribution >= 0.6 is 35.6 Å². The van der Waals surface area contributed by atoms with E-state index in [2.05, 4.69) is 5.32 Å². The van der Waals surface area contributed by atoms with E-state index in [0.29, 0.717) is 41.3 Å². The number of hydrogen-bond donors (Lipinski definition) is 2. The summed E-state index contributed by atoms with van der Waals surface area (Å²) in [7, 11) is 0. The molecule has 0 amide bonds. The molecule has 0 saturated carbocycles. The Bertz CT molecular complexity index is 738. The zero-order valence-electron chi connectivity index (χ0n) is 15.7. The van der Waals surface area contributed by atoms with Crippen molar-refractivity contribution < 1.29 is 14.6 Å². The maximum atomic E-state index is 9.35. The molecule has 0 aromatic heterocycles. The smallest absolute Gasteiger partial charge is 0.161 e. The molecule has 0 radical (unpaired) electrons. The Morgan fingerprint density at radius 2 is 1.78 bits per heavy atom. The first kappa shape index (κ1) is 23.9. The minimum atomic E-state index is -0.341. The van der Waals surface area contributed by atoms with Crippen LogP contribution in [0.4, 0.5) is 0 Å². The zero-order valence-corrected chi connectivity index (χ0v) is 18.0. The topological polar surface area (TPSA) is 50.7 Å². The van der Waals surface area contributed by atoms with Crippen LogP contribution in [0.25, 0.3) is 0 Å². The molecule has 2 aromatic rings. The van der Waals surface area contributed by atoms with E-state index in [1.54, 1.807) is 12.1 Å². The summed E-state index contributed by atoms with van der Waals surface area (Å²) < 4.78 is 11.6. The van der Waals surface area contributed by atoms with Crippen molar-refractivity contribution in [2.75, 3.05) is 13.2 Å². The molecule has 0 bridgehead atoms. The van der Waals surface area contributed by atoms with E-state index in [1.165, 1.54) is 0 Å². The largest absolute Gasteiger partial charge is 0.490 e. The third-order valence-electron chi connectivity index (χ3n) is 3.87. The van der Waals surface area contributed by atoms with Crippen LogP contribution in [0.2, 0.25) is 10.0 Å². The Hall–Kier alpha value is -1.17. The van der Waals surface area contributed by atoms with Crippen LogP contribution < -0.4 is 14.8 Å². The van der Waals surface area contributed by atoms with Crippen molar-refractivity contribution in [3.8, 4) is 11.5 Å². The van der Waals surface area contributed by atoms with Gasteiger partial charge in [0, 0.05) is 27.7 Å². The fraction of sp³-hybridized carbons (Fsp3) is 0.400. The Morgan fingerprint density at radius 3 is 2.41 bits per heavy atom. The minimum Gasteiger partial charge on any atom is -0.490 e. The zero-order chi connectivity index (χ0) is 19.2. The van der Waals surface area contributed by atoms with E-state index < -0.39 is 0 Å². The number of rotatable bonds is 9. The predicted octanol–water partition coefficient (Wildman–Crippen LogP) is 5.25. The molecule has 0 fully saturated rings. The highest BCUT2D eigenvalue weighted by atomic mass is 35.5. The summed E-state index contributed by atoms with van der Waals surface area (Å²) in [5, 5.41) is 13.8. The summed E-state index contributed by atoms with van der Waals surface area (Å²) in [4.78, 5) is 0. The lowest BCUT2D eigenvalue weighted by Crippen LogP contribution is -2.42. The highest BCUT2D eigenvalue weighted by Gasteiger charge is 2.15. The van der Waals surface area contributed by atoms with Crippen LogP contribution in [0.1, 0.15) is 31.9 Å². The van der Waals surface area contributed by atoms with E-state index in [0.717, 1.165) is 11.1 Å². The molecule has 2 aromatic carbocycles. The monoisotopic (exact) mass is 433 g/mol. The molecule has 0 saturated heterocycles. The van der Waals surface area contributed by atoms with Crippen LogP contribution in [-0.2, 0) is 13.2 Å². The van der Waals surface area contributed by atoms with Crippen molar-refractivity contribution in [2.45, 2.75) is 39.5 Å². The van der Waals surface area contributed by atoms with Crippen molar-refractivity contribution >= 4 is 35.6 Å². The summed E-state index contributed by atoms with van der Waals surface area (Å²) in [6, 6.07) is 11.1. The van der Waals surface area contributed by atoms with Crippen LogP contribution in [-0.4, -0.2) is 23.9 Å². The van der Waals surface area contributed by atoms with E-state index in [4.69, 9.17) is 32.7 Å². The maximum Gasteiger partial charge on any atom is 0.161 e. The number of halogens is 3. The van der Waals surface area contributed by atoms with E-state index in [-0.39, 0.29) is 24.6 Å². The minimum absolute atomic E-state index is 0. The molecule has 0 aliphatic rings. The van der Waals surface area contributed by atoms with Gasteiger partial charge in [0.25, 0.3) is 0 Å². The van der Waals surface area contributed by atoms with Gasteiger partial charge in [-0.2, -0.15) is 0 Å². The van der Waals surface area contributed by atoms with Crippen molar-refractivity contribution in [1.29, 1.82) is 0 Å². The second kappa shape index (κ2) is 11.0. The summed E-state index contributed by atoms with van der Waals surface area (Å²) >= 11 is 12.1. The second-order valence-electron chi connectivity index (χ2n) is 6.63. The molecule has 2 N–H and O–H groups in total. The maximum absolute atomic E-state index is 9.35. The number of aliphatic hydroxyl groups is 1. The molecule has 150 valence electrons. The van der Waals surface area contributed by atoms with E-state index in [9.17, 15) is 5.11 Å². The molecule has 4 nitrogen and oxygen atoms in total. The summed E-state index contributed by atoms with van der Waals surface area (Å²) in [5.74, 6) is 1.33. The first-order chi connectivity index (χ1) is 12.3. The lowest BCUT2D eigenvalue weighted by atomic mass is 10.1. The fourth-order valence-corrected chi connectivity index (χ4v) is 2.70. The molecule has 0 unspecified atom stereocenters. The number of nitrogens with one attached hydrogen (secondary N) is 1. The number of aliphatic hydroxyl groups excluding tert-OH is 1.